The Labute approximate surface area is 114 Å². The SMILES string of the molecule is CCC(C)c1c(F)c(F)c(OC2CCCO2)c(F)c1F. The predicted octanol–water partition coefficient (Wildman–Crippen LogP) is 4.27. The van der Waals surface area contributed by atoms with Crippen LogP contribution in [0.2, 0.25) is 0 Å². The van der Waals surface area contributed by atoms with Crippen molar-refractivity contribution in [2.75, 3.05) is 6.61 Å². The van der Waals surface area contributed by atoms with E-state index in [0.29, 0.717) is 25.9 Å². The van der Waals surface area contributed by atoms with Gasteiger partial charge in [-0.1, -0.05) is 13.8 Å². The molecule has 0 spiro atoms. The first-order valence-corrected chi connectivity index (χ1v) is 6.61. The molecule has 1 aliphatic heterocycles. The van der Waals surface area contributed by atoms with Gasteiger partial charge >= 0.3 is 0 Å². The zero-order valence-electron chi connectivity index (χ0n) is 11.3. The standard InChI is InChI=1S/C14H16F4O2/c1-3-7(2)9-10(15)12(17)14(13(18)11(9)16)20-8-5-4-6-19-8/h7-8H,3-6H2,1-2H3. The fourth-order valence-electron chi connectivity index (χ4n) is 2.14. The molecule has 2 nitrogen and oxygen atoms in total. The highest BCUT2D eigenvalue weighted by atomic mass is 19.2. The van der Waals surface area contributed by atoms with Crippen molar-refractivity contribution in [1.82, 2.24) is 0 Å². The van der Waals surface area contributed by atoms with Crippen LogP contribution in [0.3, 0.4) is 0 Å². The van der Waals surface area contributed by atoms with E-state index in [1.165, 1.54) is 6.92 Å². The third-order valence-corrected chi connectivity index (χ3v) is 3.50. The summed E-state index contributed by atoms with van der Waals surface area (Å²) < 4.78 is 65.6. The lowest BCUT2D eigenvalue weighted by atomic mass is 9.96. The number of hydrogen-bond donors (Lipinski definition) is 0. The highest BCUT2D eigenvalue weighted by molar-refractivity contribution is 5.36. The molecular weight excluding hydrogens is 276 g/mol. The molecule has 0 aromatic heterocycles. The van der Waals surface area contributed by atoms with Crippen LogP contribution in [0.15, 0.2) is 0 Å². The van der Waals surface area contributed by atoms with Crippen LogP contribution in [0.5, 0.6) is 5.75 Å². The minimum absolute atomic E-state index is 0.360. The minimum Gasteiger partial charge on any atom is -0.459 e. The molecule has 1 heterocycles. The van der Waals surface area contributed by atoms with Crippen molar-refractivity contribution in [2.45, 2.75) is 45.3 Å². The average Bonchev–Trinajstić information content (AvgIpc) is 2.94. The van der Waals surface area contributed by atoms with Crippen LogP contribution < -0.4 is 4.74 Å². The molecule has 0 N–H and O–H groups in total. The quantitative estimate of drug-likeness (QED) is 0.609. The van der Waals surface area contributed by atoms with E-state index in [4.69, 9.17) is 9.47 Å². The Morgan fingerprint density at radius 2 is 1.75 bits per heavy atom. The van der Waals surface area contributed by atoms with Gasteiger partial charge in [-0.15, -0.1) is 0 Å². The number of benzene rings is 1. The van der Waals surface area contributed by atoms with Crippen LogP contribution >= 0.6 is 0 Å². The van der Waals surface area contributed by atoms with Gasteiger partial charge in [0.25, 0.3) is 0 Å². The summed E-state index contributed by atoms with van der Waals surface area (Å²) in [6, 6.07) is 0. The topological polar surface area (TPSA) is 18.5 Å². The van der Waals surface area contributed by atoms with Crippen molar-refractivity contribution in [2.24, 2.45) is 0 Å². The number of hydrogen-bond acceptors (Lipinski definition) is 2. The van der Waals surface area contributed by atoms with E-state index in [-0.39, 0.29) is 0 Å². The van der Waals surface area contributed by atoms with Crippen molar-refractivity contribution >= 4 is 0 Å². The average molecular weight is 292 g/mol. The molecule has 0 aliphatic carbocycles. The van der Waals surface area contributed by atoms with Gasteiger partial charge in [-0.3, -0.25) is 0 Å². The Hall–Kier alpha value is -1.30. The van der Waals surface area contributed by atoms with E-state index in [0.717, 1.165) is 0 Å². The second-order valence-corrected chi connectivity index (χ2v) is 4.87. The lowest BCUT2D eigenvalue weighted by molar-refractivity contribution is -0.0440. The number of rotatable bonds is 4. The van der Waals surface area contributed by atoms with Gasteiger partial charge in [0.1, 0.15) is 0 Å². The monoisotopic (exact) mass is 292 g/mol. The summed E-state index contributed by atoms with van der Waals surface area (Å²) >= 11 is 0. The largest absolute Gasteiger partial charge is 0.459 e. The Kier molecular flexibility index (Phi) is 4.52. The molecule has 0 bridgehead atoms. The highest BCUT2D eigenvalue weighted by Crippen LogP contribution is 2.35. The second-order valence-electron chi connectivity index (χ2n) is 4.87. The third-order valence-electron chi connectivity index (χ3n) is 3.50. The molecule has 1 saturated heterocycles. The van der Waals surface area contributed by atoms with Crippen molar-refractivity contribution in [1.29, 1.82) is 0 Å². The van der Waals surface area contributed by atoms with E-state index in [9.17, 15) is 17.6 Å². The summed E-state index contributed by atoms with van der Waals surface area (Å²) in [6.45, 7) is 3.57. The Balaban J connectivity index is 2.43. The molecule has 1 aromatic rings. The van der Waals surface area contributed by atoms with Gasteiger partial charge in [0, 0.05) is 12.0 Å². The maximum atomic E-state index is 13.9. The van der Waals surface area contributed by atoms with E-state index in [1.807, 2.05) is 0 Å². The van der Waals surface area contributed by atoms with Crippen LogP contribution in [0, 0.1) is 23.3 Å². The maximum Gasteiger partial charge on any atom is 0.204 e. The van der Waals surface area contributed by atoms with Crippen LogP contribution in [0.4, 0.5) is 17.6 Å². The molecule has 0 amide bonds. The minimum atomic E-state index is -1.50. The smallest absolute Gasteiger partial charge is 0.204 e. The fraction of sp³-hybridized carbons (Fsp3) is 0.571. The van der Waals surface area contributed by atoms with E-state index >= 15 is 0 Å². The molecule has 6 heteroatoms. The van der Waals surface area contributed by atoms with Crippen LogP contribution in [0.25, 0.3) is 0 Å². The first-order chi connectivity index (χ1) is 9.47. The second kappa shape index (κ2) is 5.99. The molecule has 1 aromatic carbocycles. The zero-order chi connectivity index (χ0) is 14.9. The number of ether oxygens (including phenoxy) is 2. The van der Waals surface area contributed by atoms with Crippen LogP contribution in [-0.4, -0.2) is 12.9 Å². The van der Waals surface area contributed by atoms with Crippen LogP contribution in [0.1, 0.15) is 44.6 Å². The Morgan fingerprint density at radius 1 is 1.15 bits per heavy atom. The van der Waals surface area contributed by atoms with Gasteiger partial charge in [-0.05, 0) is 18.8 Å². The lowest BCUT2D eigenvalue weighted by Gasteiger charge is -2.18. The fourth-order valence-corrected chi connectivity index (χ4v) is 2.14. The summed E-state index contributed by atoms with van der Waals surface area (Å²) in [6.07, 6.45) is 0.588. The highest BCUT2D eigenvalue weighted by Gasteiger charge is 2.31. The summed E-state index contributed by atoms with van der Waals surface area (Å²) in [4.78, 5) is 0. The normalized spacial score (nSPS) is 20.2. The molecule has 112 valence electrons. The number of halogens is 4. The van der Waals surface area contributed by atoms with E-state index in [1.54, 1.807) is 6.92 Å². The van der Waals surface area contributed by atoms with Crippen molar-refractivity contribution in [3.63, 3.8) is 0 Å². The first kappa shape index (κ1) is 15.1. The van der Waals surface area contributed by atoms with Gasteiger partial charge in [0.15, 0.2) is 23.7 Å². The van der Waals surface area contributed by atoms with Crippen LogP contribution in [-0.2, 0) is 4.74 Å². The molecule has 20 heavy (non-hydrogen) atoms. The first-order valence-electron chi connectivity index (χ1n) is 6.61. The van der Waals surface area contributed by atoms with Gasteiger partial charge < -0.3 is 9.47 Å². The zero-order valence-corrected chi connectivity index (χ0v) is 11.3. The molecule has 1 fully saturated rings. The predicted molar refractivity (Wildman–Crippen MR) is 64.6 cm³/mol. The van der Waals surface area contributed by atoms with E-state index in [2.05, 4.69) is 0 Å². The summed E-state index contributed by atoms with van der Waals surface area (Å²) in [5.41, 5.74) is -0.581. The molecule has 0 radical (unpaired) electrons. The summed E-state index contributed by atoms with van der Waals surface area (Å²) in [7, 11) is 0. The van der Waals surface area contributed by atoms with Gasteiger partial charge in [0.2, 0.25) is 11.6 Å². The van der Waals surface area contributed by atoms with Gasteiger partial charge in [0.05, 0.1) is 6.61 Å². The molecule has 2 atom stereocenters. The molecule has 2 rings (SSSR count). The molecule has 0 saturated carbocycles. The Bertz CT molecular complexity index is 469. The van der Waals surface area contributed by atoms with E-state index < -0.39 is 46.8 Å². The lowest BCUT2D eigenvalue weighted by Crippen LogP contribution is -2.18. The van der Waals surface area contributed by atoms with Crippen molar-refractivity contribution in [3.8, 4) is 5.75 Å². The molecule has 2 unspecified atom stereocenters. The van der Waals surface area contributed by atoms with Gasteiger partial charge in [-0.25, -0.2) is 8.78 Å². The Morgan fingerprint density at radius 3 is 2.20 bits per heavy atom. The third kappa shape index (κ3) is 2.61. The summed E-state index contributed by atoms with van der Waals surface area (Å²) in [5, 5.41) is 0. The summed E-state index contributed by atoms with van der Waals surface area (Å²) in [5.74, 6) is -7.48. The van der Waals surface area contributed by atoms with Gasteiger partial charge in [-0.2, -0.15) is 8.78 Å². The van der Waals surface area contributed by atoms with Crippen molar-refractivity contribution < 1.29 is 27.0 Å². The molecule has 1 aliphatic rings. The van der Waals surface area contributed by atoms with Crippen molar-refractivity contribution in [3.05, 3.63) is 28.8 Å². The molecular formula is C14H16F4O2. The maximum absolute atomic E-state index is 13.9.